The summed E-state index contributed by atoms with van der Waals surface area (Å²) in [4.78, 5) is 27.1. The average Bonchev–Trinajstić information content (AvgIpc) is 2.23. The van der Waals surface area contributed by atoms with Gasteiger partial charge in [-0.3, -0.25) is 24.3 Å². The highest BCUT2D eigenvalue weighted by atomic mass is 32.2. The molecule has 1 fully saturated rings. The fraction of sp³-hybridized carbons (Fsp3) is 0.500. The first-order chi connectivity index (χ1) is 7.00. The molecule has 1 aliphatic rings. The Hall–Kier alpha value is -1.52. The van der Waals surface area contributed by atoms with Gasteiger partial charge in [0.25, 0.3) is 16.8 Å². The van der Waals surface area contributed by atoms with Gasteiger partial charge in [0, 0.05) is 6.92 Å². The Morgan fingerprint density at radius 3 is 1.94 bits per heavy atom. The van der Waals surface area contributed by atoms with Crippen molar-refractivity contribution in [3.63, 3.8) is 0 Å². The summed E-state index contributed by atoms with van der Waals surface area (Å²) in [5.41, 5.74) is 0. The third-order valence-corrected chi connectivity index (χ3v) is 2.62. The second kappa shape index (κ2) is 4.55. The van der Waals surface area contributed by atoms with Gasteiger partial charge in [0.1, 0.15) is 0 Å². The lowest BCUT2D eigenvalue weighted by molar-refractivity contribution is -0.134. The van der Waals surface area contributed by atoms with Gasteiger partial charge in [-0.05, 0) is 0 Å². The van der Waals surface area contributed by atoms with Crippen molar-refractivity contribution in [3.05, 3.63) is 0 Å². The third kappa shape index (κ3) is 3.25. The van der Waals surface area contributed by atoms with Crippen LogP contribution in [0.5, 0.6) is 0 Å². The number of imide groups is 1. The van der Waals surface area contributed by atoms with Crippen molar-refractivity contribution in [1.29, 1.82) is 0 Å². The summed E-state index contributed by atoms with van der Waals surface area (Å²) in [6.07, 6.45) is -0.968. The lowest BCUT2D eigenvalue weighted by Crippen LogP contribution is -2.45. The van der Waals surface area contributed by atoms with Gasteiger partial charge in [-0.1, -0.05) is 0 Å². The van der Waals surface area contributed by atoms with Gasteiger partial charge in [0.15, 0.2) is 0 Å². The van der Waals surface area contributed by atoms with Crippen LogP contribution in [0.15, 0.2) is 0 Å². The highest BCUT2D eigenvalue weighted by molar-refractivity contribution is 7.88. The van der Waals surface area contributed by atoms with Gasteiger partial charge >= 0.3 is 10.1 Å². The van der Waals surface area contributed by atoms with E-state index in [9.17, 15) is 18.0 Å². The van der Waals surface area contributed by atoms with Crippen molar-refractivity contribution < 1.29 is 37.6 Å². The molecule has 92 valence electrons. The topological polar surface area (TPSA) is 158 Å². The molecule has 1 aliphatic heterocycles. The maximum absolute atomic E-state index is 10.6. The molecular formula is C6H9NO8S. The van der Waals surface area contributed by atoms with Gasteiger partial charge in [0.2, 0.25) is 5.91 Å². The minimum absolute atomic E-state index is 0.833. The lowest BCUT2D eigenvalue weighted by atomic mass is 10.3. The Balaban J connectivity index is 0.000000487. The summed E-state index contributed by atoms with van der Waals surface area (Å²) < 4.78 is 29.2. The lowest BCUT2D eigenvalue weighted by Gasteiger charge is -2.12. The summed E-state index contributed by atoms with van der Waals surface area (Å²) >= 11 is 0. The Labute approximate surface area is 89.8 Å². The molecule has 1 rings (SSSR count). The molecule has 0 saturated carbocycles. The SMILES string of the molecule is CC(=O)O.O=C1CC(O)(S(=O)(=O)O)C(=O)N1. The van der Waals surface area contributed by atoms with Gasteiger partial charge < -0.3 is 10.2 Å². The number of aliphatic hydroxyl groups is 1. The van der Waals surface area contributed by atoms with Crippen LogP contribution in [-0.4, -0.2) is 45.9 Å². The monoisotopic (exact) mass is 255 g/mol. The highest BCUT2D eigenvalue weighted by Gasteiger charge is 2.55. The molecule has 0 radical (unpaired) electrons. The van der Waals surface area contributed by atoms with E-state index in [2.05, 4.69) is 0 Å². The largest absolute Gasteiger partial charge is 0.481 e. The molecular weight excluding hydrogens is 246 g/mol. The number of carboxylic acid groups (broad SMARTS) is 1. The zero-order chi connectivity index (χ0) is 13.1. The first kappa shape index (κ1) is 14.5. The van der Waals surface area contributed by atoms with Crippen molar-refractivity contribution in [3.8, 4) is 0 Å². The molecule has 4 N–H and O–H groups in total. The molecule has 10 heteroatoms. The molecule has 1 unspecified atom stereocenters. The van der Waals surface area contributed by atoms with E-state index in [0.717, 1.165) is 6.92 Å². The molecule has 16 heavy (non-hydrogen) atoms. The van der Waals surface area contributed by atoms with Crippen molar-refractivity contribution in [2.24, 2.45) is 0 Å². The number of carbonyl (C=O) groups is 3. The molecule has 1 saturated heterocycles. The molecule has 0 aromatic rings. The molecule has 1 heterocycles. The first-order valence-electron chi connectivity index (χ1n) is 3.74. The second-order valence-corrected chi connectivity index (χ2v) is 4.46. The van der Waals surface area contributed by atoms with E-state index >= 15 is 0 Å². The van der Waals surface area contributed by atoms with E-state index in [1.165, 1.54) is 0 Å². The third-order valence-electron chi connectivity index (χ3n) is 1.43. The van der Waals surface area contributed by atoms with Crippen LogP contribution in [-0.2, 0) is 24.5 Å². The van der Waals surface area contributed by atoms with E-state index in [1.807, 2.05) is 0 Å². The van der Waals surface area contributed by atoms with Crippen LogP contribution in [0.25, 0.3) is 0 Å². The van der Waals surface area contributed by atoms with Crippen LogP contribution in [0.2, 0.25) is 0 Å². The van der Waals surface area contributed by atoms with E-state index < -0.39 is 39.3 Å². The second-order valence-electron chi connectivity index (χ2n) is 2.83. The van der Waals surface area contributed by atoms with E-state index in [4.69, 9.17) is 19.6 Å². The summed E-state index contributed by atoms with van der Waals surface area (Å²) in [5.74, 6) is -3.20. The van der Waals surface area contributed by atoms with E-state index in [1.54, 1.807) is 5.32 Å². The molecule has 0 aromatic carbocycles. The molecule has 0 aliphatic carbocycles. The summed E-state index contributed by atoms with van der Waals surface area (Å²) in [7, 11) is -4.96. The molecule has 1 atom stereocenters. The number of nitrogens with one attached hydrogen (secondary N) is 1. The normalized spacial score (nSPS) is 24.4. The molecule has 2 amide bonds. The minimum atomic E-state index is -4.96. The fourth-order valence-electron chi connectivity index (χ4n) is 0.775. The number of rotatable bonds is 1. The maximum atomic E-state index is 10.6. The molecule has 0 aromatic heterocycles. The van der Waals surface area contributed by atoms with Crippen molar-refractivity contribution >= 4 is 27.9 Å². The Bertz CT molecular complexity index is 422. The zero-order valence-electron chi connectivity index (χ0n) is 8.00. The van der Waals surface area contributed by atoms with Gasteiger partial charge in [-0.15, -0.1) is 0 Å². The predicted molar refractivity (Wildman–Crippen MR) is 47.6 cm³/mol. The van der Waals surface area contributed by atoms with Crippen molar-refractivity contribution in [2.75, 3.05) is 0 Å². The van der Waals surface area contributed by atoms with Crippen LogP contribution < -0.4 is 5.32 Å². The van der Waals surface area contributed by atoms with Crippen molar-refractivity contribution in [1.82, 2.24) is 5.32 Å². The highest BCUT2D eigenvalue weighted by Crippen LogP contribution is 2.22. The Morgan fingerprint density at radius 1 is 1.44 bits per heavy atom. The molecule has 0 spiro atoms. The van der Waals surface area contributed by atoms with E-state index in [-0.39, 0.29) is 0 Å². The van der Waals surface area contributed by atoms with Crippen LogP contribution in [0.1, 0.15) is 13.3 Å². The fourth-order valence-corrected chi connectivity index (χ4v) is 1.37. The van der Waals surface area contributed by atoms with Crippen LogP contribution in [0.3, 0.4) is 0 Å². The average molecular weight is 255 g/mol. The standard InChI is InChI=1S/C4H5NO6S.C2H4O2/c6-2-1-4(8,3(7)5-2)12(9,10)11;1-2(3)4/h8H,1H2,(H,5,6,7)(H,9,10,11);1H3,(H,3,4). The van der Waals surface area contributed by atoms with Gasteiger partial charge in [-0.2, -0.15) is 8.42 Å². The summed E-state index contributed by atoms with van der Waals surface area (Å²) in [6, 6.07) is 0. The Morgan fingerprint density at radius 2 is 1.81 bits per heavy atom. The van der Waals surface area contributed by atoms with Crippen molar-refractivity contribution in [2.45, 2.75) is 18.3 Å². The predicted octanol–water partition coefficient (Wildman–Crippen LogP) is -2.30. The smallest absolute Gasteiger partial charge is 0.305 e. The van der Waals surface area contributed by atoms with E-state index in [0.29, 0.717) is 0 Å². The molecule has 0 bridgehead atoms. The van der Waals surface area contributed by atoms with Crippen LogP contribution >= 0.6 is 0 Å². The summed E-state index contributed by atoms with van der Waals surface area (Å²) in [5, 5.41) is 18.0. The number of carbonyl (C=O) groups excluding carboxylic acids is 2. The van der Waals surface area contributed by atoms with Gasteiger partial charge in [-0.25, -0.2) is 0 Å². The maximum Gasteiger partial charge on any atom is 0.305 e. The van der Waals surface area contributed by atoms with Crippen LogP contribution in [0, 0.1) is 0 Å². The Kier molecular flexibility index (Phi) is 4.12. The number of amides is 2. The van der Waals surface area contributed by atoms with Crippen LogP contribution in [0.4, 0.5) is 0 Å². The number of hydrogen-bond donors (Lipinski definition) is 4. The molecule has 9 nitrogen and oxygen atoms in total. The zero-order valence-corrected chi connectivity index (χ0v) is 8.81. The summed E-state index contributed by atoms with van der Waals surface area (Å²) in [6.45, 7) is 1.08. The number of aliphatic carboxylic acids is 1. The van der Waals surface area contributed by atoms with Gasteiger partial charge in [0.05, 0.1) is 6.42 Å². The minimum Gasteiger partial charge on any atom is -0.481 e. The first-order valence-corrected chi connectivity index (χ1v) is 5.18. The number of carboxylic acids is 1. The quantitative estimate of drug-likeness (QED) is 0.301. The number of hydrogen-bond acceptors (Lipinski definition) is 6.